The van der Waals surface area contributed by atoms with E-state index in [4.69, 9.17) is 9.47 Å². The number of nitro groups is 1. The van der Waals surface area contributed by atoms with E-state index in [1.165, 1.54) is 50.5 Å². The van der Waals surface area contributed by atoms with Gasteiger partial charge in [-0.05, 0) is 31.2 Å². The minimum atomic E-state index is -3.81. The number of amides is 1. The van der Waals surface area contributed by atoms with Crippen LogP contribution in [0.25, 0.3) is 0 Å². The fourth-order valence-corrected chi connectivity index (χ4v) is 3.38. The van der Waals surface area contributed by atoms with Crippen LogP contribution in [0.3, 0.4) is 0 Å². The number of hydrogen-bond donors (Lipinski definition) is 1. The molecule has 0 aliphatic carbocycles. The number of hydrogen-bond acceptors (Lipinski definition) is 7. The zero-order chi connectivity index (χ0) is 21.6. The highest BCUT2D eigenvalue weighted by molar-refractivity contribution is 7.89. The third-order valence-electron chi connectivity index (χ3n) is 3.71. The van der Waals surface area contributed by atoms with E-state index in [0.29, 0.717) is 0 Å². The van der Waals surface area contributed by atoms with E-state index in [-0.39, 0.29) is 34.4 Å². The second-order valence-electron chi connectivity index (χ2n) is 5.94. The van der Waals surface area contributed by atoms with Crippen LogP contribution < -0.4 is 14.8 Å². The molecule has 0 aliphatic heterocycles. The molecule has 1 N–H and O–H groups in total. The number of ether oxygens (including phenoxy) is 2. The van der Waals surface area contributed by atoms with Crippen molar-refractivity contribution in [1.29, 1.82) is 0 Å². The Labute approximate surface area is 168 Å². The van der Waals surface area contributed by atoms with Crippen molar-refractivity contribution < 1.29 is 27.6 Å². The number of carbonyl (C=O) groups is 1. The first-order valence-corrected chi connectivity index (χ1v) is 9.96. The lowest BCUT2D eigenvalue weighted by Gasteiger charge is -2.16. The third-order valence-corrected chi connectivity index (χ3v) is 5.54. The van der Waals surface area contributed by atoms with Gasteiger partial charge < -0.3 is 14.8 Å². The van der Waals surface area contributed by atoms with Crippen LogP contribution in [0.15, 0.2) is 47.4 Å². The molecule has 0 aliphatic rings. The van der Waals surface area contributed by atoms with Gasteiger partial charge in [0.25, 0.3) is 5.91 Å². The van der Waals surface area contributed by atoms with Crippen LogP contribution in [0, 0.1) is 10.1 Å². The summed E-state index contributed by atoms with van der Waals surface area (Å²) in [6.07, 6.45) is 0. The number of rotatable bonds is 9. The van der Waals surface area contributed by atoms with Crippen LogP contribution >= 0.6 is 0 Å². The molecule has 11 heteroatoms. The molecule has 0 spiro atoms. The number of para-hydroxylation sites is 2. The fraction of sp³-hybridized carbons (Fsp3) is 0.278. The lowest BCUT2D eigenvalue weighted by Crippen LogP contribution is -2.24. The zero-order valence-corrected chi connectivity index (χ0v) is 16.9. The maximum atomic E-state index is 12.5. The summed E-state index contributed by atoms with van der Waals surface area (Å²) in [7, 11) is -1.04. The Balaban J connectivity index is 2.18. The van der Waals surface area contributed by atoms with Crippen LogP contribution in [0.5, 0.6) is 11.5 Å². The number of nitrogens with zero attached hydrogens (tertiary/aromatic N) is 2. The summed E-state index contributed by atoms with van der Waals surface area (Å²) >= 11 is 0. The standard InChI is InChI=1S/C18H21N3O7S/c1-4-27-16-10-9-13(11-17(16)29(25,26)20(2)3)19-18(22)12-28-15-8-6-5-7-14(15)21(23)24/h5-11H,4,12H2,1-3H3,(H,19,22). The van der Waals surface area contributed by atoms with E-state index in [1.807, 2.05) is 0 Å². The smallest absolute Gasteiger partial charge is 0.310 e. The van der Waals surface area contributed by atoms with Crippen molar-refractivity contribution in [2.75, 3.05) is 32.6 Å². The highest BCUT2D eigenvalue weighted by Gasteiger charge is 2.23. The van der Waals surface area contributed by atoms with Crippen molar-refractivity contribution in [3.8, 4) is 11.5 Å². The van der Waals surface area contributed by atoms with Crippen molar-refractivity contribution in [3.63, 3.8) is 0 Å². The number of benzene rings is 2. The first-order valence-electron chi connectivity index (χ1n) is 8.52. The molecule has 0 bridgehead atoms. The molecule has 0 saturated heterocycles. The maximum Gasteiger partial charge on any atom is 0.310 e. The van der Waals surface area contributed by atoms with Crippen molar-refractivity contribution in [3.05, 3.63) is 52.6 Å². The molecule has 2 rings (SSSR count). The quantitative estimate of drug-likeness (QED) is 0.484. The second-order valence-corrected chi connectivity index (χ2v) is 8.06. The van der Waals surface area contributed by atoms with Gasteiger partial charge in [0.05, 0.1) is 11.5 Å². The number of nitro benzene ring substituents is 1. The molecule has 0 saturated carbocycles. The summed E-state index contributed by atoms with van der Waals surface area (Å²) in [5.41, 5.74) is -0.0502. The molecule has 0 atom stereocenters. The lowest BCUT2D eigenvalue weighted by atomic mass is 10.3. The number of nitrogens with one attached hydrogen (secondary N) is 1. The van der Waals surface area contributed by atoms with Crippen molar-refractivity contribution in [2.24, 2.45) is 0 Å². The molecule has 0 unspecified atom stereocenters. The molecule has 0 radical (unpaired) electrons. The fourth-order valence-electron chi connectivity index (χ4n) is 2.33. The molecule has 2 aromatic rings. The Hall–Kier alpha value is -3.18. The van der Waals surface area contributed by atoms with E-state index >= 15 is 0 Å². The van der Waals surface area contributed by atoms with Gasteiger partial charge >= 0.3 is 5.69 Å². The van der Waals surface area contributed by atoms with E-state index < -0.39 is 27.5 Å². The van der Waals surface area contributed by atoms with Gasteiger partial charge in [0.1, 0.15) is 10.6 Å². The van der Waals surface area contributed by atoms with Gasteiger partial charge in [-0.25, -0.2) is 12.7 Å². The average molecular weight is 423 g/mol. The van der Waals surface area contributed by atoms with Crippen LogP contribution in [0.1, 0.15) is 6.92 Å². The van der Waals surface area contributed by atoms with E-state index in [0.717, 1.165) is 4.31 Å². The first-order chi connectivity index (χ1) is 13.7. The molecule has 0 heterocycles. The van der Waals surface area contributed by atoms with E-state index in [2.05, 4.69) is 5.32 Å². The van der Waals surface area contributed by atoms with Gasteiger partial charge in [-0.15, -0.1) is 0 Å². The summed E-state index contributed by atoms with van der Waals surface area (Å²) < 4.78 is 36.7. The van der Waals surface area contributed by atoms with Gasteiger partial charge in [-0.1, -0.05) is 12.1 Å². The summed E-state index contributed by atoms with van der Waals surface area (Å²) in [5.74, 6) is -0.494. The molecule has 156 valence electrons. The van der Waals surface area contributed by atoms with Crippen LogP contribution in [-0.4, -0.2) is 50.9 Å². The Kier molecular flexibility index (Phi) is 7.13. The zero-order valence-electron chi connectivity index (χ0n) is 16.1. The molecule has 29 heavy (non-hydrogen) atoms. The molecular formula is C18H21N3O7S. The van der Waals surface area contributed by atoms with Crippen molar-refractivity contribution >= 4 is 27.3 Å². The maximum absolute atomic E-state index is 12.5. The molecular weight excluding hydrogens is 402 g/mol. The van der Waals surface area contributed by atoms with Crippen LogP contribution in [0.2, 0.25) is 0 Å². The summed E-state index contributed by atoms with van der Waals surface area (Å²) in [6, 6.07) is 9.88. The monoisotopic (exact) mass is 423 g/mol. The van der Waals surface area contributed by atoms with E-state index in [9.17, 15) is 23.3 Å². The summed E-state index contributed by atoms with van der Waals surface area (Å²) in [5, 5.41) is 13.5. The summed E-state index contributed by atoms with van der Waals surface area (Å²) in [4.78, 5) is 22.4. The number of sulfonamides is 1. The predicted molar refractivity (Wildman–Crippen MR) is 106 cm³/mol. The Morgan fingerprint density at radius 2 is 1.83 bits per heavy atom. The minimum Gasteiger partial charge on any atom is -0.492 e. The van der Waals surface area contributed by atoms with Gasteiger partial charge in [-0.2, -0.15) is 0 Å². The van der Waals surface area contributed by atoms with Gasteiger partial charge in [0, 0.05) is 25.8 Å². The van der Waals surface area contributed by atoms with Crippen molar-refractivity contribution in [1.82, 2.24) is 4.31 Å². The van der Waals surface area contributed by atoms with Crippen LogP contribution in [0.4, 0.5) is 11.4 Å². The Morgan fingerprint density at radius 1 is 1.14 bits per heavy atom. The minimum absolute atomic E-state index is 0.0461. The highest BCUT2D eigenvalue weighted by atomic mass is 32.2. The Morgan fingerprint density at radius 3 is 2.45 bits per heavy atom. The lowest BCUT2D eigenvalue weighted by molar-refractivity contribution is -0.385. The molecule has 2 aromatic carbocycles. The largest absolute Gasteiger partial charge is 0.492 e. The highest BCUT2D eigenvalue weighted by Crippen LogP contribution is 2.29. The average Bonchev–Trinajstić information content (AvgIpc) is 2.67. The van der Waals surface area contributed by atoms with Crippen molar-refractivity contribution in [2.45, 2.75) is 11.8 Å². The topological polar surface area (TPSA) is 128 Å². The molecule has 10 nitrogen and oxygen atoms in total. The van der Waals surface area contributed by atoms with Crippen LogP contribution in [-0.2, 0) is 14.8 Å². The predicted octanol–water partition coefficient (Wildman–Crippen LogP) is 2.26. The molecule has 0 aromatic heterocycles. The summed E-state index contributed by atoms with van der Waals surface area (Å²) in [6.45, 7) is 1.50. The molecule has 1 amide bonds. The second kappa shape index (κ2) is 9.34. The first kappa shape index (κ1) is 22.1. The van der Waals surface area contributed by atoms with Gasteiger partial charge in [0.15, 0.2) is 12.4 Å². The number of carbonyl (C=O) groups excluding carboxylic acids is 1. The normalized spacial score (nSPS) is 11.2. The van der Waals surface area contributed by atoms with Gasteiger partial charge in [-0.3, -0.25) is 14.9 Å². The van der Waals surface area contributed by atoms with Gasteiger partial charge in [0.2, 0.25) is 10.0 Å². The number of anilines is 1. The third kappa shape index (κ3) is 5.42. The van der Waals surface area contributed by atoms with E-state index in [1.54, 1.807) is 13.0 Å². The SMILES string of the molecule is CCOc1ccc(NC(=O)COc2ccccc2[N+](=O)[O-])cc1S(=O)(=O)N(C)C. The molecule has 0 fully saturated rings. The Bertz CT molecular complexity index is 1010.